The topological polar surface area (TPSA) is 97.0 Å². The van der Waals surface area contributed by atoms with Gasteiger partial charge in [0.15, 0.2) is 0 Å². The van der Waals surface area contributed by atoms with Crippen LogP contribution < -0.4 is 15.6 Å². The normalized spacial score (nSPS) is 10.5. The maximum absolute atomic E-state index is 12.6. The van der Waals surface area contributed by atoms with E-state index in [0.29, 0.717) is 33.8 Å². The van der Waals surface area contributed by atoms with E-state index in [-0.39, 0.29) is 18.0 Å². The van der Waals surface area contributed by atoms with E-state index < -0.39 is 0 Å². The van der Waals surface area contributed by atoms with Crippen LogP contribution >= 0.6 is 0 Å². The lowest BCUT2D eigenvalue weighted by molar-refractivity contribution is -0.116. The highest BCUT2D eigenvalue weighted by molar-refractivity contribution is 5.92. The summed E-state index contributed by atoms with van der Waals surface area (Å²) < 4.78 is 7.20. The summed E-state index contributed by atoms with van der Waals surface area (Å²) in [5.41, 5.74) is 2.91. The van der Waals surface area contributed by atoms with Crippen molar-refractivity contribution in [2.75, 3.05) is 5.32 Å². The smallest absolute Gasteiger partial charge is 0.269 e. The first-order valence-electron chi connectivity index (χ1n) is 9.56. The van der Waals surface area contributed by atoms with Crippen molar-refractivity contribution < 1.29 is 9.53 Å². The van der Waals surface area contributed by atoms with Gasteiger partial charge in [0.05, 0.1) is 28.9 Å². The number of hydrogen-bond donors (Lipinski definition) is 1. The summed E-state index contributed by atoms with van der Waals surface area (Å²) in [6.07, 6.45) is 1.22. The number of fused-ring (bicyclic) bond motifs is 1. The van der Waals surface area contributed by atoms with Crippen LogP contribution in [0.25, 0.3) is 11.0 Å². The van der Waals surface area contributed by atoms with E-state index in [1.165, 1.54) is 10.8 Å². The van der Waals surface area contributed by atoms with Gasteiger partial charge in [0.1, 0.15) is 18.0 Å². The molecule has 0 aliphatic rings. The molecule has 0 spiro atoms. The van der Waals surface area contributed by atoms with E-state index in [1.807, 2.05) is 19.1 Å². The Morgan fingerprint density at radius 1 is 1.10 bits per heavy atom. The minimum atomic E-state index is -0.336. The second kappa shape index (κ2) is 8.51. The number of hydrogen-bond acceptors (Lipinski definition) is 5. The van der Waals surface area contributed by atoms with Gasteiger partial charge in [-0.25, -0.2) is 4.98 Å². The van der Waals surface area contributed by atoms with E-state index in [1.54, 1.807) is 54.6 Å². The molecule has 0 fully saturated rings. The largest absolute Gasteiger partial charge is 0.457 e. The Bertz CT molecular complexity index is 1370. The first kappa shape index (κ1) is 19.9. The second-order valence-electron chi connectivity index (χ2n) is 6.93. The first-order valence-corrected chi connectivity index (χ1v) is 9.56. The van der Waals surface area contributed by atoms with Gasteiger partial charge in [-0.1, -0.05) is 12.1 Å². The zero-order valence-electron chi connectivity index (χ0n) is 16.7. The van der Waals surface area contributed by atoms with Crippen LogP contribution in [0.4, 0.5) is 5.69 Å². The number of nitrogens with zero attached hydrogens (tertiary/aromatic N) is 3. The third-order valence-electron chi connectivity index (χ3n) is 4.75. The Morgan fingerprint density at radius 2 is 1.84 bits per heavy atom. The fourth-order valence-corrected chi connectivity index (χ4v) is 3.18. The van der Waals surface area contributed by atoms with Crippen LogP contribution in [0.5, 0.6) is 11.5 Å². The molecule has 0 aliphatic carbocycles. The lowest BCUT2D eigenvalue weighted by Crippen LogP contribution is -2.28. The summed E-state index contributed by atoms with van der Waals surface area (Å²) in [5.74, 6) is 0.901. The molecule has 3 aromatic carbocycles. The molecule has 4 aromatic rings. The fraction of sp³-hybridized carbons (Fsp3) is 0.0833. The lowest BCUT2D eigenvalue weighted by Gasteiger charge is -2.13. The quantitative estimate of drug-likeness (QED) is 0.536. The van der Waals surface area contributed by atoms with Crippen molar-refractivity contribution in [2.45, 2.75) is 13.5 Å². The predicted molar refractivity (Wildman–Crippen MR) is 117 cm³/mol. The average molecular weight is 410 g/mol. The van der Waals surface area contributed by atoms with Gasteiger partial charge in [0, 0.05) is 5.69 Å². The summed E-state index contributed by atoms with van der Waals surface area (Å²) in [6, 6.07) is 21.4. The summed E-state index contributed by atoms with van der Waals surface area (Å²) in [7, 11) is 0. The van der Waals surface area contributed by atoms with Crippen molar-refractivity contribution in [3.05, 3.63) is 94.4 Å². The van der Waals surface area contributed by atoms with Gasteiger partial charge >= 0.3 is 0 Å². The third-order valence-corrected chi connectivity index (χ3v) is 4.75. The molecule has 0 bridgehead atoms. The van der Waals surface area contributed by atoms with Gasteiger partial charge < -0.3 is 10.1 Å². The van der Waals surface area contributed by atoms with Crippen molar-refractivity contribution in [1.29, 1.82) is 5.26 Å². The Labute approximate surface area is 178 Å². The number of rotatable bonds is 5. The lowest BCUT2D eigenvalue weighted by atomic mass is 10.2. The maximum atomic E-state index is 12.6. The number of nitriles is 1. The fourth-order valence-electron chi connectivity index (χ4n) is 3.18. The SMILES string of the molecule is Cc1cc(Oc2ccc(C#N)cc2)ccc1NC(=O)Cn1c(=O)cnc2ccccc21. The summed E-state index contributed by atoms with van der Waals surface area (Å²) in [5, 5.41) is 11.7. The summed E-state index contributed by atoms with van der Waals surface area (Å²) in [4.78, 5) is 29.0. The van der Waals surface area contributed by atoms with E-state index in [9.17, 15) is 9.59 Å². The molecule has 4 rings (SSSR count). The van der Waals surface area contributed by atoms with E-state index in [4.69, 9.17) is 10.00 Å². The number of carbonyl (C=O) groups excluding carboxylic acids is 1. The number of carbonyl (C=O) groups is 1. The van der Waals surface area contributed by atoms with Gasteiger partial charge in [-0.15, -0.1) is 0 Å². The molecule has 1 heterocycles. The monoisotopic (exact) mass is 410 g/mol. The molecular formula is C24H18N4O3. The molecule has 1 N–H and O–H groups in total. The molecule has 31 heavy (non-hydrogen) atoms. The van der Waals surface area contributed by atoms with E-state index >= 15 is 0 Å². The zero-order chi connectivity index (χ0) is 21.8. The molecule has 7 nitrogen and oxygen atoms in total. The van der Waals surface area contributed by atoms with Crippen molar-refractivity contribution in [3.8, 4) is 17.6 Å². The van der Waals surface area contributed by atoms with Crippen molar-refractivity contribution in [2.24, 2.45) is 0 Å². The highest BCUT2D eigenvalue weighted by atomic mass is 16.5. The minimum Gasteiger partial charge on any atom is -0.457 e. The molecule has 0 atom stereocenters. The molecule has 1 aromatic heterocycles. The number of aryl methyl sites for hydroxylation is 1. The molecule has 0 radical (unpaired) electrons. The highest BCUT2D eigenvalue weighted by Crippen LogP contribution is 2.26. The standard InChI is InChI=1S/C24H18N4O3/c1-16-12-19(31-18-8-6-17(13-25)7-9-18)10-11-20(16)27-23(29)15-28-22-5-3-2-4-21(22)26-14-24(28)30/h2-12,14H,15H2,1H3,(H,27,29). The van der Waals surface area contributed by atoms with Gasteiger partial charge in [-0.2, -0.15) is 5.26 Å². The average Bonchev–Trinajstić information content (AvgIpc) is 2.78. The number of anilines is 1. The van der Waals surface area contributed by atoms with Crippen LogP contribution in [0.2, 0.25) is 0 Å². The second-order valence-corrected chi connectivity index (χ2v) is 6.93. The van der Waals surface area contributed by atoms with Crippen molar-refractivity contribution >= 4 is 22.6 Å². The highest BCUT2D eigenvalue weighted by Gasteiger charge is 2.11. The number of ether oxygens (including phenoxy) is 1. The van der Waals surface area contributed by atoms with Crippen molar-refractivity contribution in [1.82, 2.24) is 9.55 Å². The molecule has 7 heteroatoms. The number of nitrogens with one attached hydrogen (secondary N) is 1. The first-order chi connectivity index (χ1) is 15.0. The van der Waals surface area contributed by atoms with E-state index in [0.717, 1.165) is 5.56 Å². The van der Waals surface area contributed by atoms with Gasteiger partial charge in [-0.3, -0.25) is 14.2 Å². The molecule has 152 valence electrons. The van der Waals surface area contributed by atoms with Crippen LogP contribution in [0, 0.1) is 18.3 Å². The van der Waals surface area contributed by atoms with Gasteiger partial charge in [-0.05, 0) is 67.1 Å². The van der Waals surface area contributed by atoms with Crippen LogP contribution in [-0.4, -0.2) is 15.5 Å². The third kappa shape index (κ3) is 4.43. The summed E-state index contributed by atoms with van der Waals surface area (Å²) >= 11 is 0. The molecule has 1 amide bonds. The number of para-hydroxylation sites is 2. The Balaban J connectivity index is 1.48. The van der Waals surface area contributed by atoms with Gasteiger partial charge in [0.25, 0.3) is 5.56 Å². The predicted octanol–water partition coefficient (Wildman–Crippen LogP) is 4.01. The maximum Gasteiger partial charge on any atom is 0.269 e. The molecule has 0 aliphatic heterocycles. The van der Waals surface area contributed by atoms with Crippen molar-refractivity contribution in [3.63, 3.8) is 0 Å². The van der Waals surface area contributed by atoms with Crippen LogP contribution in [0.3, 0.4) is 0 Å². The van der Waals surface area contributed by atoms with Gasteiger partial charge in [0.2, 0.25) is 5.91 Å². The zero-order valence-corrected chi connectivity index (χ0v) is 16.7. The summed E-state index contributed by atoms with van der Waals surface area (Å²) in [6.45, 7) is 1.74. The van der Waals surface area contributed by atoms with Crippen LogP contribution in [0.15, 0.2) is 77.7 Å². The van der Waals surface area contributed by atoms with Crippen LogP contribution in [0.1, 0.15) is 11.1 Å². The van der Waals surface area contributed by atoms with E-state index in [2.05, 4.69) is 16.4 Å². The molecule has 0 saturated heterocycles. The number of amides is 1. The molecule has 0 saturated carbocycles. The molecular weight excluding hydrogens is 392 g/mol. The Morgan fingerprint density at radius 3 is 2.58 bits per heavy atom. The molecule has 0 unspecified atom stereocenters. The number of aromatic nitrogens is 2. The minimum absolute atomic E-state index is 0.120. The number of benzene rings is 3. The Kier molecular flexibility index (Phi) is 5.45. The van der Waals surface area contributed by atoms with Crippen LogP contribution in [-0.2, 0) is 11.3 Å². The Hall–Kier alpha value is -4.44.